The van der Waals surface area contributed by atoms with Crippen molar-refractivity contribution < 1.29 is 4.79 Å². The van der Waals surface area contributed by atoms with Gasteiger partial charge in [0, 0.05) is 0 Å². The molecule has 54 valence electrons. The number of hydrogen-bond donors (Lipinski definition) is 2. The SMILES string of the molecule is C[C@H](N)C(=O)c1nnn[nH]1. The van der Waals surface area contributed by atoms with Gasteiger partial charge in [-0.1, -0.05) is 0 Å². The molecule has 0 saturated carbocycles. The second kappa shape index (κ2) is 2.53. The number of tetrazole rings is 1. The van der Waals surface area contributed by atoms with Crippen LogP contribution in [0.2, 0.25) is 0 Å². The highest BCUT2D eigenvalue weighted by molar-refractivity contribution is 5.96. The molecule has 1 rings (SSSR count). The van der Waals surface area contributed by atoms with E-state index in [-0.39, 0.29) is 11.6 Å². The molecular formula is C4H7N5O. The van der Waals surface area contributed by atoms with Gasteiger partial charge in [0.1, 0.15) is 0 Å². The van der Waals surface area contributed by atoms with Crippen LogP contribution in [0, 0.1) is 0 Å². The number of aromatic nitrogens is 4. The molecule has 0 saturated heterocycles. The van der Waals surface area contributed by atoms with Crippen LogP contribution in [0.5, 0.6) is 0 Å². The third-order valence-electron chi connectivity index (χ3n) is 0.992. The molecule has 0 spiro atoms. The lowest BCUT2D eigenvalue weighted by atomic mass is 10.2. The Balaban J connectivity index is 2.78. The molecule has 0 aliphatic heterocycles. The molecule has 10 heavy (non-hydrogen) atoms. The summed E-state index contributed by atoms with van der Waals surface area (Å²) in [5, 5.41) is 12.2. The highest BCUT2D eigenvalue weighted by Crippen LogP contribution is 1.89. The van der Waals surface area contributed by atoms with Crippen LogP contribution in [0.25, 0.3) is 0 Å². The molecule has 0 amide bonds. The number of H-pyrrole nitrogens is 1. The lowest BCUT2D eigenvalue weighted by molar-refractivity contribution is 0.0958. The number of aromatic amines is 1. The average Bonchev–Trinajstić information content (AvgIpc) is 2.36. The Labute approximate surface area is 56.8 Å². The summed E-state index contributed by atoms with van der Waals surface area (Å²) in [5.41, 5.74) is 5.26. The zero-order chi connectivity index (χ0) is 7.56. The Kier molecular flexibility index (Phi) is 1.72. The summed E-state index contributed by atoms with van der Waals surface area (Å²) in [5.74, 6) is -0.181. The fourth-order valence-electron chi connectivity index (χ4n) is 0.479. The van der Waals surface area contributed by atoms with Gasteiger partial charge in [0.25, 0.3) is 0 Å². The highest BCUT2D eigenvalue weighted by atomic mass is 16.1. The summed E-state index contributed by atoms with van der Waals surface area (Å²) in [4.78, 5) is 10.9. The van der Waals surface area contributed by atoms with Crippen molar-refractivity contribution in [2.45, 2.75) is 13.0 Å². The van der Waals surface area contributed by atoms with Gasteiger partial charge in [0.15, 0.2) is 0 Å². The average molecular weight is 141 g/mol. The summed E-state index contributed by atoms with van der Waals surface area (Å²) >= 11 is 0. The Bertz CT molecular complexity index is 216. The smallest absolute Gasteiger partial charge is 0.217 e. The van der Waals surface area contributed by atoms with Crippen molar-refractivity contribution >= 4 is 5.78 Å². The summed E-state index contributed by atoms with van der Waals surface area (Å²) in [6, 6.07) is -0.560. The number of ketones is 1. The van der Waals surface area contributed by atoms with Gasteiger partial charge in [-0.2, -0.15) is 0 Å². The number of nitrogens with two attached hydrogens (primary N) is 1. The molecule has 0 radical (unpaired) electrons. The highest BCUT2D eigenvalue weighted by Gasteiger charge is 2.13. The van der Waals surface area contributed by atoms with Gasteiger partial charge in [0.05, 0.1) is 6.04 Å². The van der Waals surface area contributed by atoms with Crippen LogP contribution in [-0.4, -0.2) is 32.4 Å². The topological polar surface area (TPSA) is 97.6 Å². The number of hydrogen-bond acceptors (Lipinski definition) is 5. The van der Waals surface area contributed by atoms with Crippen molar-refractivity contribution in [3.63, 3.8) is 0 Å². The second-order valence-electron chi connectivity index (χ2n) is 1.90. The largest absolute Gasteiger partial charge is 0.321 e. The molecule has 6 nitrogen and oxygen atoms in total. The number of nitrogens with zero attached hydrogens (tertiary/aromatic N) is 3. The normalized spacial score (nSPS) is 13.0. The molecule has 0 unspecified atom stereocenters. The van der Waals surface area contributed by atoms with Crippen LogP contribution in [0.4, 0.5) is 0 Å². The number of carbonyl (C=O) groups excluding carboxylic acids is 1. The molecule has 1 heterocycles. The van der Waals surface area contributed by atoms with Crippen molar-refractivity contribution in [1.29, 1.82) is 0 Å². The second-order valence-corrected chi connectivity index (χ2v) is 1.90. The van der Waals surface area contributed by atoms with Crippen molar-refractivity contribution in [2.75, 3.05) is 0 Å². The fraction of sp³-hybridized carbons (Fsp3) is 0.500. The maximum absolute atomic E-state index is 10.9. The molecule has 0 aromatic carbocycles. The lowest BCUT2D eigenvalue weighted by Gasteiger charge is -1.96. The van der Waals surface area contributed by atoms with Crippen molar-refractivity contribution in [3.8, 4) is 0 Å². The molecule has 0 bridgehead atoms. The summed E-state index contributed by atoms with van der Waals surface area (Å²) in [7, 11) is 0. The first-order valence-electron chi connectivity index (χ1n) is 2.75. The Hall–Kier alpha value is -1.30. The molecule has 0 aliphatic carbocycles. The van der Waals surface area contributed by atoms with Crippen LogP contribution in [0.1, 0.15) is 17.5 Å². The lowest BCUT2D eigenvalue weighted by Crippen LogP contribution is -2.27. The molecule has 1 aromatic heterocycles. The Morgan fingerprint density at radius 1 is 1.80 bits per heavy atom. The minimum Gasteiger partial charge on any atom is -0.321 e. The van der Waals surface area contributed by atoms with E-state index in [0.29, 0.717) is 0 Å². The van der Waals surface area contributed by atoms with E-state index in [4.69, 9.17) is 5.73 Å². The van der Waals surface area contributed by atoms with Crippen molar-refractivity contribution in [2.24, 2.45) is 5.73 Å². The first-order chi connectivity index (χ1) is 4.72. The van der Waals surface area contributed by atoms with Crippen molar-refractivity contribution in [1.82, 2.24) is 20.6 Å². The fourth-order valence-corrected chi connectivity index (χ4v) is 0.479. The molecule has 1 aromatic rings. The van der Waals surface area contributed by atoms with Crippen LogP contribution >= 0.6 is 0 Å². The molecule has 0 fully saturated rings. The minimum absolute atomic E-state index is 0.106. The van der Waals surface area contributed by atoms with E-state index < -0.39 is 6.04 Å². The Morgan fingerprint density at radius 2 is 2.50 bits per heavy atom. The zero-order valence-corrected chi connectivity index (χ0v) is 5.40. The quantitative estimate of drug-likeness (QED) is 0.500. The van der Waals surface area contributed by atoms with Crippen LogP contribution in [0.3, 0.4) is 0 Å². The summed E-state index contributed by atoms with van der Waals surface area (Å²) in [6.45, 7) is 1.57. The van der Waals surface area contributed by atoms with E-state index in [1.807, 2.05) is 0 Å². The van der Waals surface area contributed by atoms with Gasteiger partial charge >= 0.3 is 0 Å². The van der Waals surface area contributed by atoms with E-state index >= 15 is 0 Å². The van der Waals surface area contributed by atoms with E-state index in [0.717, 1.165) is 0 Å². The number of Topliss-reactive ketones (excluding diaryl/α,β-unsaturated/α-hetero) is 1. The predicted molar refractivity (Wildman–Crippen MR) is 32.2 cm³/mol. The summed E-state index contributed by atoms with van der Waals surface area (Å²) < 4.78 is 0. The van der Waals surface area contributed by atoms with Gasteiger partial charge < -0.3 is 5.73 Å². The maximum atomic E-state index is 10.9. The minimum atomic E-state index is -0.560. The van der Waals surface area contributed by atoms with E-state index in [1.165, 1.54) is 0 Å². The maximum Gasteiger partial charge on any atom is 0.217 e. The van der Waals surface area contributed by atoms with Crippen molar-refractivity contribution in [3.05, 3.63) is 5.82 Å². The van der Waals surface area contributed by atoms with E-state index in [9.17, 15) is 4.79 Å². The summed E-state index contributed by atoms with van der Waals surface area (Å²) in [6.07, 6.45) is 0. The van der Waals surface area contributed by atoms with Crippen LogP contribution in [-0.2, 0) is 0 Å². The van der Waals surface area contributed by atoms with Gasteiger partial charge in [-0.25, -0.2) is 5.10 Å². The first kappa shape index (κ1) is 6.81. The third kappa shape index (κ3) is 1.16. The van der Waals surface area contributed by atoms with Gasteiger partial charge in [-0.15, -0.1) is 5.10 Å². The molecule has 1 atom stereocenters. The number of carbonyl (C=O) groups is 1. The van der Waals surface area contributed by atoms with Crippen LogP contribution < -0.4 is 5.73 Å². The molecular weight excluding hydrogens is 134 g/mol. The van der Waals surface area contributed by atoms with Gasteiger partial charge in [0.2, 0.25) is 11.6 Å². The number of nitrogens with one attached hydrogen (secondary N) is 1. The first-order valence-corrected chi connectivity index (χ1v) is 2.75. The predicted octanol–water partition coefficient (Wildman–Crippen LogP) is -1.27. The molecule has 0 aliphatic rings. The van der Waals surface area contributed by atoms with E-state index in [2.05, 4.69) is 20.6 Å². The van der Waals surface area contributed by atoms with E-state index in [1.54, 1.807) is 6.92 Å². The van der Waals surface area contributed by atoms with Gasteiger partial charge in [-0.05, 0) is 17.4 Å². The Morgan fingerprint density at radius 3 is 2.90 bits per heavy atom. The molecule has 3 N–H and O–H groups in total. The standard InChI is InChI=1S/C4H7N5O/c1-2(5)3(10)4-6-8-9-7-4/h2H,5H2,1H3,(H,6,7,8,9)/t2-/m0/s1. The van der Waals surface area contributed by atoms with Gasteiger partial charge in [-0.3, -0.25) is 4.79 Å². The monoisotopic (exact) mass is 141 g/mol. The number of rotatable bonds is 2. The third-order valence-corrected chi connectivity index (χ3v) is 0.992. The molecule has 6 heteroatoms. The van der Waals surface area contributed by atoms with Crippen LogP contribution in [0.15, 0.2) is 0 Å². The zero-order valence-electron chi connectivity index (χ0n) is 5.40.